The van der Waals surface area contributed by atoms with Crippen molar-refractivity contribution in [3.05, 3.63) is 48.6 Å². The first-order chi connectivity index (χ1) is 10.6. The number of benzene rings is 1. The zero-order valence-corrected chi connectivity index (χ0v) is 12.5. The molecule has 0 heterocycles. The van der Waals surface area contributed by atoms with E-state index in [4.69, 9.17) is 4.79 Å². The van der Waals surface area contributed by atoms with Crippen LogP contribution in [0.2, 0.25) is 0 Å². The third kappa shape index (κ3) is 5.96. The van der Waals surface area contributed by atoms with Crippen LogP contribution in [0.5, 0.6) is 0 Å². The molecule has 1 aromatic rings. The largest absolute Gasteiger partial charge is 0.322 e. The van der Waals surface area contributed by atoms with Gasteiger partial charge in [0.25, 0.3) is 5.91 Å². The molecule has 6 nitrogen and oxygen atoms in total. The predicted octanol–water partition coefficient (Wildman–Crippen LogP) is 2.08. The first-order valence-corrected chi connectivity index (χ1v) is 6.36. The van der Waals surface area contributed by atoms with E-state index < -0.39 is 5.91 Å². The van der Waals surface area contributed by atoms with Crippen LogP contribution in [0.4, 0.5) is 11.4 Å². The smallest absolute Gasteiger partial charge is 0.257 e. The van der Waals surface area contributed by atoms with Crippen LogP contribution in [0.15, 0.2) is 48.6 Å². The number of hydrogen-bond acceptors (Lipinski definition) is 4. The minimum Gasteiger partial charge on any atom is -0.322 e. The Labute approximate surface area is 129 Å². The lowest BCUT2D eigenvalue weighted by Gasteiger charge is -2.14. The maximum Gasteiger partial charge on any atom is 0.257 e. The van der Waals surface area contributed by atoms with Gasteiger partial charge in [-0.1, -0.05) is 18.2 Å². The Morgan fingerprint density at radius 2 is 1.77 bits per heavy atom. The summed E-state index contributed by atoms with van der Waals surface area (Å²) in [5.74, 6) is -0.721. The highest BCUT2D eigenvalue weighted by atomic mass is 16.2. The Balaban J connectivity index is 0.00000211. The fourth-order valence-electron chi connectivity index (χ4n) is 1.53. The van der Waals surface area contributed by atoms with Gasteiger partial charge in [-0.05, 0) is 44.2 Å². The molecule has 0 atom stereocenters. The number of rotatable bonds is 5. The van der Waals surface area contributed by atoms with E-state index in [9.17, 15) is 14.4 Å². The molecule has 1 N–H and O–H groups in total. The molecule has 0 aliphatic carbocycles. The molecule has 0 bridgehead atoms. The Morgan fingerprint density at radius 1 is 1.14 bits per heavy atom. The Kier molecular flexibility index (Phi) is 9.26. The van der Waals surface area contributed by atoms with Gasteiger partial charge in [0.05, 0.1) is 5.69 Å². The number of carbonyl (C=O) groups excluding carboxylic acids is 4. The summed E-state index contributed by atoms with van der Waals surface area (Å²) < 4.78 is 0. The maximum absolute atomic E-state index is 11.7. The van der Waals surface area contributed by atoms with Crippen molar-refractivity contribution in [2.24, 2.45) is 0 Å². The fourth-order valence-corrected chi connectivity index (χ4v) is 1.53. The summed E-state index contributed by atoms with van der Waals surface area (Å²) in [4.78, 5) is 43.2. The van der Waals surface area contributed by atoms with E-state index in [1.54, 1.807) is 50.3 Å². The highest BCUT2D eigenvalue weighted by molar-refractivity contribution is 6.12. The molecule has 0 radical (unpaired) electrons. The van der Waals surface area contributed by atoms with Gasteiger partial charge < -0.3 is 10.1 Å². The zero-order valence-electron chi connectivity index (χ0n) is 12.5. The van der Waals surface area contributed by atoms with Crippen LogP contribution < -0.4 is 10.2 Å². The first-order valence-electron chi connectivity index (χ1n) is 6.36. The third-order valence-corrected chi connectivity index (χ3v) is 2.36. The monoisotopic (exact) mass is 302 g/mol. The average molecular weight is 302 g/mol. The summed E-state index contributed by atoms with van der Waals surface area (Å²) >= 11 is 0. The molecule has 0 unspecified atom stereocenters. The van der Waals surface area contributed by atoms with Crippen molar-refractivity contribution in [1.29, 1.82) is 0 Å². The lowest BCUT2D eigenvalue weighted by molar-refractivity contribution is -0.118. The number of allylic oxidation sites excluding steroid dienone is 2. The highest BCUT2D eigenvalue weighted by Gasteiger charge is 2.12. The van der Waals surface area contributed by atoms with Crippen LogP contribution in [-0.2, 0) is 19.2 Å². The van der Waals surface area contributed by atoms with Crippen LogP contribution >= 0.6 is 0 Å². The molecule has 0 aromatic heterocycles. The van der Waals surface area contributed by atoms with Crippen molar-refractivity contribution in [1.82, 2.24) is 0 Å². The molecular weight excluding hydrogens is 284 g/mol. The van der Waals surface area contributed by atoms with E-state index in [1.807, 2.05) is 6.79 Å². The van der Waals surface area contributed by atoms with Crippen LogP contribution in [-0.4, -0.2) is 25.0 Å². The summed E-state index contributed by atoms with van der Waals surface area (Å²) in [5, 5.41) is 2.64. The van der Waals surface area contributed by atoms with Crippen molar-refractivity contribution in [3.63, 3.8) is 0 Å². The second kappa shape index (κ2) is 10.7. The predicted molar refractivity (Wildman–Crippen MR) is 85.4 cm³/mol. The summed E-state index contributed by atoms with van der Waals surface area (Å²) in [6, 6.07) is 6.49. The van der Waals surface area contributed by atoms with Gasteiger partial charge in [0.2, 0.25) is 12.3 Å². The molecule has 0 saturated carbocycles. The molecule has 22 heavy (non-hydrogen) atoms. The molecule has 1 rings (SSSR count). The van der Waals surface area contributed by atoms with Gasteiger partial charge in [-0.3, -0.25) is 14.4 Å². The van der Waals surface area contributed by atoms with Gasteiger partial charge in [-0.15, -0.1) is 0 Å². The van der Waals surface area contributed by atoms with Crippen molar-refractivity contribution in [2.75, 3.05) is 10.2 Å². The minimum absolute atomic E-state index is 0.276. The van der Waals surface area contributed by atoms with E-state index in [0.29, 0.717) is 17.8 Å². The summed E-state index contributed by atoms with van der Waals surface area (Å²) in [5.41, 5.74) is 0.895. The molecule has 0 spiro atoms. The van der Waals surface area contributed by atoms with E-state index >= 15 is 0 Å². The maximum atomic E-state index is 11.7. The summed E-state index contributed by atoms with van der Waals surface area (Å²) in [7, 11) is 0. The molecule has 3 amide bonds. The number of imide groups is 1. The molecule has 0 aliphatic rings. The molecule has 116 valence electrons. The number of nitrogens with zero attached hydrogens (tertiary/aromatic N) is 1. The fraction of sp³-hybridized carbons (Fsp3) is 0.125. The van der Waals surface area contributed by atoms with Crippen LogP contribution in [0.25, 0.3) is 0 Å². The van der Waals surface area contributed by atoms with Gasteiger partial charge >= 0.3 is 0 Å². The molecule has 0 aliphatic heterocycles. The standard InChI is InChI=1S/C15H16N2O3.CH2O/c1-3-6-14(19)16-12-8-5-9-13(10-12)17(11-18)15(20)7-4-2;1-2/h3-11H,1-2H3,(H,16,19);1H2/b6-3-,7-4-;. The van der Waals surface area contributed by atoms with Gasteiger partial charge in [0, 0.05) is 5.69 Å². The van der Waals surface area contributed by atoms with Gasteiger partial charge in [0.1, 0.15) is 6.79 Å². The van der Waals surface area contributed by atoms with Crippen LogP contribution in [0.1, 0.15) is 13.8 Å². The van der Waals surface area contributed by atoms with Gasteiger partial charge in [0.15, 0.2) is 0 Å². The number of anilines is 2. The van der Waals surface area contributed by atoms with Crippen LogP contribution in [0, 0.1) is 0 Å². The number of hydrogen-bond donors (Lipinski definition) is 1. The van der Waals surface area contributed by atoms with E-state index in [-0.39, 0.29) is 5.91 Å². The Hall–Kier alpha value is -3.02. The van der Waals surface area contributed by atoms with E-state index in [0.717, 1.165) is 4.90 Å². The number of nitrogens with one attached hydrogen (secondary N) is 1. The van der Waals surface area contributed by atoms with E-state index in [2.05, 4.69) is 5.32 Å². The van der Waals surface area contributed by atoms with Gasteiger partial charge in [-0.2, -0.15) is 0 Å². The average Bonchev–Trinajstić information content (AvgIpc) is 2.51. The number of amides is 3. The van der Waals surface area contributed by atoms with Crippen molar-refractivity contribution < 1.29 is 19.2 Å². The van der Waals surface area contributed by atoms with Gasteiger partial charge in [-0.25, -0.2) is 4.90 Å². The lowest BCUT2D eigenvalue weighted by Crippen LogP contribution is -2.27. The number of carbonyl (C=O) groups is 4. The van der Waals surface area contributed by atoms with Crippen LogP contribution in [0.3, 0.4) is 0 Å². The molecular formula is C16H18N2O4. The second-order valence-corrected chi connectivity index (χ2v) is 3.85. The van der Waals surface area contributed by atoms with Crippen molar-refractivity contribution in [3.8, 4) is 0 Å². The molecule has 0 saturated heterocycles. The quantitative estimate of drug-likeness (QED) is 0.666. The van der Waals surface area contributed by atoms with Crippen molar-refractivity contribution in [2.45, 2.75) is 13.8 Å². The van der Waals surface area contributed by atoms with E-state index in [1.165, 1.54) is 12.2 Å². The molecule has 1 aromatic carbocycles. The minimum atomic E-state index is -0.445. The SMILES string of the molecule is C/C=C\C(=O)Nc1cccc(N(C=O)C(=O)/C=C\C)c1.C=O. The second-order valence-electron chi connectivity index (χ2n) is 3.85. The normalized spacial score (nSPS) is 9.91. The first kappa shape index (κ1) is 19.0. The Bertz CT molecular complexity index is 579. The summed E-state index contributed by atoms with van der Waals surface area (Å²) in [6.07, 6.45) is 6.28. The highest BCUT2D eigenvalue weighted by Crippen LogP contribution is 2.19. The lowest BCUT2D eigenvalue weighted by atomic mass is 10.2. The topological polar surface area (TPSA) is 83.6 Å². The third-order valence-electron chi connectivity index (χ3n) is 2.36. The summed E-state index contributed by atoms with van der Waals surface area (Å²) in [6.45, 7) is 5.43. The molecule has 0 fully saturated rings. The Morgan fingerprint density at radius 3 is 2.32 bits per heavy atom. The van der Waals surface area contributed by atoms with Crippen molar-refractivity contribution >= 4 is 36.4 Å². The zero-order chi connectivity index (χ0) is 17.0. The molecule has 6 heteroatoms.